The third-order valence-corrected chi connectivity index (χ3v) is 6.02. The van der Waals surface area contributed by atoms with Gasteiger partial charge in [0.25, 0.3) is 5.91 Å². The number of hydrogen-bond donors (Lipinski definition) is 2. The normalized spacial score (nSPS) is 23.1. The molecule has 0 aliphatic carbocycles. The van der Waals surface area contributed by atoms with E-state index in [0.717, 1.165) is 5.01 Å². The topological polar surface area (TPSA) is 79.6 Å². The first-order valence-electron chi connectivity index (χ1n) is 10.5. The zero-order valence-corrected chi connectivity index (χ0v) is 17.8. The summed E-state index contributed by atoms with van der Waals surface area (Å²) >= 11 is 0. The molecule has 0 bridgehead atoms. The van der Waals surface area contributed by atoms with Gasteiger partial charge in [-0.25, -0.2) is 15.4 Å². The number of ether oxygens (including phenoxy) is 1. The molecule has 2 aliphatic rings. The number of carbonyl (C=O) groups excluding carboxylic acids is 1. The van der Waals surface area contributed by atoms with Gasteiger partial charge in [-0.05, 0) is 24.1 Å². The fourth-order valence-electron chi connectivity index (χ4n) is 4.51. The van der Waals surface area contributed by atoms with E-state index >= 15 is 0 Å². The molecule has 3 atom stereocenters. The SMILES string of the molecule is CCC1=C(c2nc3c(OC)cccc3o2)C(=O)N2NC(C(F)(F)F)C(c3ccccc3)C2N1. The summed E-state index contributed by atoms with van der Waals surface area (Å²) in [5.41, 5.74) is 4.28. The Kier molecular flexibility index (Phi) is 5.04. The molecule has 3 unspecified atom stereocenters. The molecule has 172 valence electrons. The molecular formula is C23H21F3N4O3. The Morgan fingerprint density at radius 2 is 1.91 bits per heavy atom. The highest BCUT2D eigenvalue weighted by Gasteiger charge is 2.58. The van der Waals surface area contributed by atoms with Gasteiger partial charge in [0.05, 0.1) is 13.0 Å². The molecule has 2 aliphatic heterocycles. The van der Waals surface area contributed by atoms with Gasteiger partial charge < -0.3 is 14.5 Å². The second kappa shape index (κ2) is 7.80. The number of para-hydroxylation sites is 1. The molecule has 3 aromatic rings. The van der Waals surface area contributed by atoms with Crippen molar-refractivity contribution in [2.75, 3.05) is 7.11 Å². The predicted molar refractivity (Wildman–Crippen MR) is 114 cm³/mol. The van der Waals surface area contributed by atoms with Crippen LogP contribution in [0.25, 0.3) is 16.7 Å². The molecule has 1 amide bonds. The van der Waals surface area contributed by atoms with E-state index in [4.69, 9.17) is 9.15 Å². The standard InChI is InChI=1S/C23H21F3N4O3/c1-3-13-17(21-28-18-14(32-2)10-7-11-15(18)33-21)22(31)30-20(27-13)16(12-8-5-4-6-9-12)19(29-30)23(24,25)26/h4-11,16,19-20,27,29H,3H2,1-2H3. The fourth-order valence-corrected chi connectivity index (χ4v) is 4.51. The molecule has 5 rings (SSSR count). The summed E-state index contributed by atoms with van der Waals surface area (Å²) in [6.45, 7) is 1.82. The van der Waals surface area contributed by atoms with Crippen molar-refractivity contribution in [3.8, 4) is 5.75 Å². The zero-order chi connectivity index (χ0) is 23.3. The van der Waals surface area contributed by atoms with Crippen LogP contribution < -0.4 is 15.5 Å². The molecule has 2 aromatic carbocycles. The van der Waals surface area contributed by atoms with Crippen LogP contribution in [0.3, 0.4) is 0 Å². The molecular weight excluding hydrogens is 437 g/mol. The number of oxazole rings is 1. The van der Waals surface area contributed by atoms with Crippen molar-refractivity contribution in [2.45, 2.75) is 37.6 Å². The number of rotatable bonds is 4. The highest BCUT2D eigenvalue weighted by Crippen LogP contribution is 2.43. The number of allylic oxidation sites excluding steroid dienone is 1. The van der Waals surface area contributed by atoms with E-state index < -0.39 is 30.2 Å². The first-order chi connectivity index (χ1) is 15.8. The van der Waals surface area contributed by atoms with Crippen molar-refractivity contribution in [1.82, 2.24) is 20.7 Å². The van der Waals surface area contributed by atoms with Crippen LogP contribution in [0.5, 0.6) is 5.75 Å². The number of fused-ring (bicyclic) bond motifs is 2. The van der Waals surface area contributed by atoms with Gasteiger partial charge in [-0.3, -0.25) is 4.79 Å². The number of methoxy groups -OCH3 is 1. The number of hydrazine groups is 1. The molecule has 0 radical (unpaired) electrons. The van der Waals surface area contributed by atoms with Gasteiger partial charge in [-0.15, -0.1) is 0 Å². The average molecular weight is 458 g/mol. The molecule has 3 heterocycles. The number of halogens is 3. The van der Waals surface area contributed by atoms with E-state index in [2.05, 4.69) is 15.7 Å². The average Bonchev–Trinajstić information content (AvgIpc) is 3.41. The van der Waals surface area contributed by atoms with Gasteiger partial charge >= 0.3 is 6.18 Å². The highest BCUT2D eigenvalue weighted by atomic mass is 19.4. The van der Waals surface area contributed by atoms with Gasteiger partial charge in [-0.2, -0.15) is 13.2 Å². The van der Waals surface area contributed by atoms with E-state index in [1.807, 2.05) is 6.92 Å². The maximum absolute atomic E-state index is 14.0. The molecule has 1 aromatic heterocycles. The molecule has 1 fully saturated rings. The Hall–Kier alpha value is -3.53. The van der Waals surface area contributed by atoms with Crippen LogP contribution in [-0.4, -0.2) is 41.4 Å². The minimum atomic E-state index is -4.57. The maximum Gasteiger partial charge on any atom is 0.406 e. The van der Waals surface area contributed by atoms with Crippen LogP contribution in [0.1, 0.15) is 30.7 Å². The summed E-state index contributed by atoms with van der Waals surface area (Å²) in [5.74, 6) is -1.18. The summed E-state index contributed by atoms with van der Waals surface area (Å²) in [6, 6.07) is 11.6. The van der Waals surface area contributed by atoms with E-state index in [1.54, 1.807) is 48.5 Å². The monoisotopic (exact) mass is 458 g/mol. The van der Waals surface area contributed by atoms with Crippen LogP contribution in [-0.2, 0) is 4.79 Å². The summed E-state index contributed by atoms with van der Waals surface area (Å²) in [4.78, 5) is 18.0. The van der Waals surface area contributed by atoms with Gasteiger partial charge in [0.15, 0.2) is 11.1 Å². The Bertz CT molecular complexity index is 1240. The Morgan fingerprint density at radius 1 is 1.15 bits per heavy atom. The van der Waals surface area contributed by atoms with Gasteiger partial charge in [0, 0.05) is 5.70 Å². The Labute approximate surface area is 187 Å². The molecule has 2 N–H and O–H groups in total. The molecule has 33 heavy (non-hydrogen) atoms. The van der Waals surface area contributed by atoms with Gasteiger partial charge in [0.1, 0.15) is 23.5 Å². The number of hydrogen-bond acceptors (Lipinski definition) is 6. The van der Waals surface area contributed by atoms with Crippen LogP contribution >= 0.6 is 0 Å². The lowest BCUT2D eigenvalue weighted by Gasteiger charge is -2.35. The Balaban J connectivity index is 1.61. The quantitative estimate of drug-likeness (QED) is 0.617. The number of nitrogens with one attached hydrogen (secondary N) is 2. The predicted octanol–water partition coefficient (Wildman–Crippen LogP) is 3.95. The van der Waals surface area contributed by atoms with E-state index in [0.29, 0.717) is 34.5 Å². The first-order valence-corrected chi connectivity index (χ1v) is 10.5. The first kappa shape index (κ1) is 21.3. The number of nitrogens with zero attached hydrogens (tertiary/aromatic N) is 2. The number of amides is 1. The largest absolute Gasteiger partial charge is 0.494 e. The molecule has 0 spiro atoms. The molecule has 10 heteroatoms. The van der Waals surface area contributed by atoms with Crippen LogP contribution in [0.15, 0.2) is 58.6 Å². The van der Waals surface area contributed by atoms with Gasteiger partial charge in [0.2, 0.25) is 5.89 Å². The molecule has 0 saturated carbocycles. The smallest absolute Gasteiger partial charge is 0.406 e. The lowest BCUT2D eigenvalue weighted by atomic mass is 9.88. The van der Waals surface area contributed by atoms with Crippen molar-refractivity contribution in [1.29, 1.82) is 0 Å². The van der Waals surface area contributed by atoms with Crippen LogP contribution in [0, 0.1) is 0 Å². The molecule has 1 saturated heterocycles. The highest BCUT2D eigenvalue weighted by molar-refractivity contribution is 6.20. The van der Waals surface area contributed by atoms with E-state index in [9.17, 15) is 18.0 Å². The third-order valence-electron chi connectivity index (χ3n) is 6.02. The van der Waals surface area contributed by atoms with Crippen molar-refractivity contribution >= 4 is 22.6 Å². The van der Waals surface area contributed by atoms with E-state index in [1.165, 1.54) is 7.11 Å². The minimum absolute atomic E-state index is 0.0239. The summed E-state index contributed by atoms with van der Waals surface area (Å²) < 4.78 is 53.1. The van der Waals surface area contributed by atoms with Crippen molar-refractivity contribution in [2.24, 2.45) is 0 Å². The summed E-state index contributed by atoms with van der Waals surface area (Å²) in [5, 5.41) is 4.17. The van der Waals surface area contributed by atoms with Crippen molar-refractivity contribution in [3.05, 3.63) is 65.7 Å². The van der Waals surface area contributed by atoms with E-state index in [-0.39, 0.29) is 11.5 Å². The number of alkyl halides is 3. The van der Waals surface area contributed by atoms with Crippen molar-refractivity contribution < 1.29 is 27.1 Å². The number of aromatic nitrogens is 1. The summed E-state index contributed by atoms with van der Waals surface area (Å²) in [6.07, 6.45) is -5.12. The lowest BCUT2D eigenvalue weighted by molar-refractivity contribution is -0.161. The van der Waals surface area contributed by atoms with Crippen LogP contribution in [0.4, 0.5) is 13.2 Å². The maximum atomic E-state index is 14.0. The third kappa shape index (κ3) is 3.41. The zero-order valence-electron chi connectivity index (χ0n) is 17.8. The fraction of sp³-hybridized carbons (Fsp3) is 0.304. The second-order valence-electron chi connectivity index (χ2n) is 7.88. The number of carbonyl (C=O) groups is 1. The summed E-state index contributed by atoms with van der Waals surface area (Å²) in [7, 11) is 1.49. The Morgan fingerprint density at radius 3 is 2.58 bits per heavy atom. The number of benzene rings is 2. The van der Waals surface area contributed by atoms with Gasteiger partial charge in [-0.1, -0.05) is 43.3 Å². The lowest BCUT2D eigenvalue weighted by Crippen LogP contribution is -2.54. The second-order valence-corrected chi connectivity index (χ2v) is 7.88. The van der Waals surface area contributed by atoms with Crippen LogP contribution in [0.2, 0.25) is 0 Å². The molecule has 7 nitrogen and oxygen atoms in total. The van der Waals surface area contributed by atoms with Crippen molar-refractivity contribution in [3.63, 3.8) is 0 Å². The minimum Gasteiger partial charge on any atom is -0.494 e.